The first-order valence-corrected chi connectivity index (χ1v) is 15.8. The molecule has 2 heterocycles. The average Bonchev–Trinajstić information content (AvgIpc) is 3.52. The van der Waals surface area contributed by atoms with Crippen molar-refractivity contribution in [3.63, 3.8) is 0 Å². The lowest BCUT2D eigenvalue weighted by Crippen LogP contribution is -2.43. The Labute approximate surface area is 258 Å². The second kappa shape index (κ2) is 12.3. The van der Waals surface area contributed by atoms with E-state index in [1.165, 1.54) is 22.6 Å². The number of anilines is 1. The number of carbonyl (C=O) groups is 1. The first kappa shape index (κ1) is 30.3. The summed E-state index contributed by atoms with van der Waals surface area (Å²) in [5.41, 5.74) is 1.28. The third-order valence-corrected chi connectivity index (χ3v) is 9.72. The molecule has 1 aromatic heterocycles. The van der Waals surface area contributed by atoms with Gasteiger partial charge in [0.15, 0.2) is 0 Å². The van der Waals surface area contributed by atoms with E-state index >= 15 is 0 Å². The van der Waals surface area contributed by atoms with E-state index in [0.717, 1.165) is 60.6 Å². The van der Waals surface area contributed by atoms with Gasteiger partial charge in [0.1, 0.15) is 16.8 Å². The molecule has 1 unspecified atom stereocenters. The van der Waals surface area contributed by atoms with Gasteiger partial charge in [0.25, 0.3) is 5.56 Å². The zero-order valence-electron chi connectivity index (χ0n) is 24.4. The molecule has 230 valence electrons. The van der Waals surface area contributed by atoms with Gasteiger partial charge < -0.3 is 10.4 Å². The monoisotopic (exact) mass is 621 g/mol. The maximum Gasteiger partial charge on any atom is 0.416 e. The lowest BCUT2D eigenvalue weighted by atomic mass is 9.91. The predicted molar refractivity (Wildman–Crippen MR) is 168 cm³/mol. The van der Waals surface area contributed by atoms with Crippen LogP contribution in [0.4, 0.5) is 18.9 Å². The van der Waals surface area contributed by atoms with Crippen LogP contribution < -0.4 is 10.9 Å². The molecule has 1 fully saturated rings. The van der Waals surface area contributed by atoms with Crippen LogP contribution in [-0.2, 0) is 17.4 Å². The van der Waals surface area contributed by atoms with Crippen molar-refractivity contribution in [2.45, 2.75) is 68.7 Å². The van der Waals surface area contributed by atoms with Crippen molar-refractivity contribution in [3.8, 4) is 11.1 Å². The van der Waals surface area contributed by atoms with Crippen LogP contribution in [0.15, 0.2) is 76.6 Å². The maximum absolute atomic E-state index is 14.5. The van der Waals surface area contributed by atoms with E-state index < -0.39 is 29.3 Å². The quantitative estimate of drug-likeness (QED) is 0.194. The van der Waals surface area contributed by atoms with Crippen LogP contribution in [0.5, 0.6) is 0 Å². The molecule has 6 rings (SSSR count). The zero-order chi connectivity index (χ0) is 31.0. The summed E-state index contributed by atoms with van der Waals surface area (Å²) in [7, 11) is 0. The molecule has 0 bridgehead atoms. The number of aliphatic carboxylic acids is 1. The van der Waals surface area contributed by atoms with Gasteiger partial charge >= 0.3 is 12.1 Å². The van der Waals surface area contributed by atoms with E-state index in [4.69, 9.17) is 0 Å². The number of nitrogens with zero attached hydrogens (tertiary/aromatic N) is 2. The molecule has 10 heteroatoms. The van der Waals surface area contributed by atoms with E-state index in [0.29, 0.717) is 28.3 Å². The number of rotatable bonds is 8. The number of carboxylic acids is 1. The number of aromatic nitrogens is 1. The van der Waals surface area contributed by atoms with E-state index in [9.17, 15) is 27.9 Å². The van der Waals surface area contributed by atoms with Gasteiger partial charge in [-0.2, -0.15) is 13.2 Å². The van der Waals surface area contributed by atoms with E-state index in [2.05, 4.69) is 5.32 Å². The summed E-state index contributed by atoms with van der Waals surface area (Å²) in [5, 5.41) is 16.2. The molecule has 1 saturated carbocycles. The Hall–Kier alpha value is -3.76. The number of alkyl halides is 3. The average molecular weight is 622 g/mol. The molecule has 0 amide bonds. The van der Waals surface area contributed by atoms with Crippen molar-refractivity contribution in [1.82, 2.24) is 8.87 Å². The van der Waals surface area contributed by atoms with Gasteiger partial charge in [-0.15, -0.1) is 0 Å². The Balaban J connectivity index is 1.69. The van der Waals surface area contributed by atoms with Gasteiger partial charge in [0.2, 0.25) is 0 Å². The fraction of sp³-hybridized carbons (Fsp3) is 0.353. The van der Waals surface area contributed by atoms with Gasteiger partial charge in [-0.1, -0.05) is 74.4 Å². The Morgan fingerprint density at radius 3 is 2.50 bits per heavy atom. The Kier molecular flexibility index (Phi) is 8.48. The molecule has 3 aromatic carbocycles. The highest BCUT2D eigenvalue weighted by Crippen LogP contribution is 2.45. The van der Waals surface area contributed by atoms with E-state index in [-0.39, 0.29) is 24.7 Å². The van der Waals surface area contributed by atoms with Crippen LogP contribution in [0.2, 0.25) is 0 Å². The molecule has 6 nitrogen and oxygen atoms in total. The number of fused-ring (bicyclic) bond motifs is 2. The highest BCUT2D eigenvalue weighted by atomic mass is 32.2. The SMILES string of the molecule is CCCN1CC(C(=O)O)n2c(c(-c3cccc(C(F)(F)F)c3)c(Cc3cccc4ccccc34)c(NC3CCCC3)c2=O)S1. The molecule has 2 N–H and O–H groups in total. The number of pyridine rings is 1. The maximum atomic E-state index is 14.5. The third-order valence-electron chi connectivity index (χ3n) is 8.56. The van der Waals surface area contributed by atoms with Crippen molar-refractivity contribution in [2.75, 3.05) is 18.4 Å². The lowest BCUT2D eigenvalue weighted by molar-refractivity contribution is -0.141. The van der Waals surface area contributed by atoms with Crippen molar-refractivity contribution in [2.24, 2.45) is 0 Å². The topological polar surface area (TPSA) is 74.6 Å². The van der Waals surface area contributed by atoms with Crippen LogP contribution in [-0.4, -0.2) is 39.1 Å². The van der Waals surface area contributed by atoms with Crippen LogP contribution in [0.1, 0.15) is 61.8 Å². The smallest absolute Gasteiger partial charge is 0.416 e. The number of carboxylic acid groups (broad SMARTS) is 1. The number of nitrogens with one attached hydrogen (secondary N) is 1. The van der Waals surface area contributed by atoms with E-state index in [1.54, 1.807) is 6.07 Å². The summed E-state index contributed by atoms with van der Waals surface area (Å²) in [6.07, 6.45) is 0.160. The Bertz CT molecular complexity index is 1760. The molecule has 1 aliphatic carbocycles. The first-order valence-electron chi connectivity index (χ1n) is 15.0. The Morgan fingerprint density at radius 1 is 1.05 bits per heavy atom. The van der Waals surface area contributed by atoms with Crippen LogP contribution in [0.3, 0.4) is 0 Å². The molecule has 1 atom stereocenters. The number of benzene rings is 3. The molecule has 1 aliphatic heterocycles. The molecular formula is C34H34F3N3O3S. The van der Waals surface area contributed by atoms with Crippen LogP contribution in [0.25, 0.3) is 21.9 Å². The van der Waals surface area contributed by atoms with Crippen molar-refractivity contribution in [1.29, 1.82) is 0 Å². The molecule has 0 radical (unpaired) electrons. The highest BCUT2D eigenvalue weighted by molar-refractivity contribution is 7.97. The second-order valence-corrected chi connectivity index (χ2v) is 12.6. The van der Waals surface area contributed by atoms with Crippen molar-refractivity contribution >= 4 is 34.4 Å². The summed E-state index contributed by atoms with van der Waals surface area (Å²) >= 11 is 1.26. The summed E-state index contributed by atoms with van der Waals surface area (Å²) in [5.74, 6) is -1.15. The highest BCUT2D eigenvalue weighted by Gasteiger charge is 2.38. The van der Waals surface area contributed by atoms with Gasteiger partial charge in [-0.05, 0) is 70.8 Å². The third kappa shape index (κ3) is 5.85. The fourth-order valence-electron chi connectivity index (χ4n) is 6.48. The Morgan fingerprint density at radius 2 is 1.77 bits per heavy atom. The number of hydrogen-bond donors (Lipinski definition) is 2. The summed E-state index contributed by atoms with van der Waals surface area (Å²) in [6.45, 7) is 2.64. The molecule has 0 spiro atoms. The van der Waals surface area contributed by atoms with Gasteiger partial charge in [0, 0.05) is 31.1 Å². The second-order valence-electron chi connectivity index (χ2n) is 11.6. The minimum Gasteiger partial charge on any atom is -0.480 e. The zero-order valence-corrected chi connectivity index (χ0v) is 25.2. The molecule has 4 aromatic rings. The van der Waals surface area contributed by atoms with Crippen LogP contribution >= 0.6 is 11.9 Å². The molecular weight excluding hydrogens is 587 g/mol. The lowest BCUT2D eigenvalue weighted by Gasteiger charge is -2.36. The number of halogens is 3. The standard InChI is InChI=1S/C34H34F3N3O3S/c1-2-17-39-20-28(33(42)43)40-31(41)30(38-25-14-4-5-15-25)27(19-22-11-7-10-21-9-3-6-16-26(21)22)29(32(40)44-39)23-12-8-13-24(18-23)34(35,36)37/h3,6-13,16,18,25,28,38H,2,4-5,14-15,17,19-20H2,1H3,(H,42,43). The van der Waals surface area contributed by atoms with Crippen molar-refractivity contribution in [3.05, 3.63) is 93.8 Å². The first-order chi connectivity index (χ1) is 21.2. The fourth-order valence-corrected chi connectivity index (χ4v) is 7.85. The molecule has 44 heavy (non-hydrogen) atoms. The van der Waals surface area contributed by atoms with Gasteiger partial charge in [-0.3, -0.25) is 9.36 Å². The number of hydrogen-bond acceptors (Lipinski definition) is 5. The summed E-state index contributed by atoms with van der Waals surface area (Å²) in [4.78, 5) is 27.2. The summed E-state index contributed by atoms with van der Waals surface area (Å²) < 4.78 is 45.3. The van der Waals surface area contributed by atoms with E-state index in [1.807, 2.05) is 53.7 Å². The predicted octanol–water partition coefficient (Wildman–Crippen LogP) is 7.99. The van der Waals surface area contributed by atoms with Gasteiger partial charge in [-0.25, -0.2) is 9.10 Å². The summed E-state index contributed by atoms with van der Waals surface area (Å²) in [6, 6.07) is 17.8. The largest absolute Gasteiger partial charge is 0.480 e. The normalized spacial score (nSPS) is 17.6. The minimum atomic E-state index is -4.58. The molecule has 0 saturated heterocycles. The minimum absolute atomic E-state index is 0.0121. The van der Waals surface area contributed by atoms with Gasteiger partial charge in [0.05, 0.1) is 5.56 Å². The van der Waals surface area contributed by atoms with Crippen molar-refractivity contribution < 1.29 is 23.1 Å². The van der Waals surface area contributed by atoms with Crippen LogP contribution in [0, 0.1) is 0 Å². The molecule has 2 aliphatic rings.